The van der Waals surface area contributed by atoms with Gasteiger partial charge in [-0.25, -0.2) is 8.42 Å². The Morgan fingerprint density at radius 2 is 2.07 bits per heavy atom. The number of nitrogens with zero attached hydrogens (tertiary/aromatic N) is 1. The highest BCUT2D eigenvalue weighted by Crippen LogP contribution is 2.07. The molecule has 0 aromatic rings. The van der Waals surface area contributed by atoms with Gasteiger partial charge >= 0.3 is 0 Å². The van der Waals surface area contributed by atoms with Gasteiger partial charge < -0.3 is 5.32 Å². The molecule has 0 aliphatic carbocycles. The van der Waals surface area contributed by atoms with E-state index < -0.39 is 9.84 Å². The van der Waals surface area contributed by atoms with Crippen molar-refractivity contribution in [1.29, 1.82) is 0 Å². The van der Waals surface area contributed by atoms with Crippen molar-refractivity contribution >= 4 is 9.84 Å². The van der Waals surface area contributed by atoms with E-state index in [-0.39, 0.29) is 0 Å². The standard InChI is InChI=1S/C10H20N2O2S/c1-3-4-11-9-10(2)12-5-7-15(13,14)8-6-12/h3,10-11H,1,4-9H2,2H3. The Kier molecular flexibility index (Phi) is 4.76. The summed E-state index contributed by atoms with van der Waals surface area (Å²) in [6.07, 6.45) is 1.83. The molecule has 15 heavy (non-hydrogen) atoms. The Bertz CT molecular complexity index is 287. The highest BCUT2D eigenvalue weighted by Gasteiger charge is 2.24. The number of nitrogens with one attached hydrogen (secondary N) is 1. The fourth-order valence-corrected chi connectivity index (χ4v) is 2.92. The first-order chi connectivity index (χ1) is 7.05. The highest BCUT2D eigenvalue weighted by molar-refractivity contribution is 7.91. The molecule has 1 aliphatic heterocycles. The summed E-state index contributed by atoms with van der Waals surface area (Å²) in [4.78, 5) is 2.22. The molecule has 0 bridgehead atoms. The maximum absolute atomic E-state index is 11.2. The summed E-state index contributed by atoms with van der Waals surface area (Å²) in [6, 6.07) is 0.389. The maximum Gasteiger partial charge on any atom is 0.152 e. The van der Waals surface area contributed by atoms with E-state index in [9.17, 15) is 8.42 Å². The van der Waals surface area contributed by atoms with E-state index in [0.717, 1.165) is 13.1 Å². The highest BCUT2D eigenvalue weighted by atomic mass is 32.2. The Morgan fingerprint density at radius 3 is 2.60 bits per heavy atom. The van der Waals surface area contributed by atoms with Gasteiger partial charge in [-0.05, 0) is 6.92 Å². The predicted octanol–water partition coefficient (Wildman–Crippen LogP) is -0.119. The monoisotopic (exact) mass is 232 g/mol. The van der Waals surface area contributed by atoms with E-state index in [1.807, 2.05) is 6.08 Å². The molecule has 1 rings (SSSR count). The van der Waals surface area contributed by atoms with Crippen LogP contribution in [0.3, 0.4) is 0 Å². The fraction of sp³-hybridized carbons (Fsp3) is 0.800. The Hall–Kier alpha value is -0.390. The summed E-state index contributed by atoms with van der Waals surface area (Å²) in [5.74, 6) is 0.609. The molecule has 1 atom stereocenters. The first kappa shape index (κ1) is 12.7. The molecule has 0 saturated carbocycles. The number of hydrogen-bond acceptors (Lipinski definition) is 4. The van der Waals surface area contributed by atoms with E-state index in [1.165, 1.54) is 0 Å². The zero-order valence-corrected chi connectivity index (χ0v) is 10.1. The number of hydrogen-bond donors (Lipinski definition) is 1. The predicted molar refractivity (Wildman–Crippen MR) is 62.8 cm³/mol. The van der Waals surface area contributed by atoms with Crippen molar-refractivity contribution in [3.8, 4) is 0 Å². The van der Waals surface area contributed by atoms with Gasteiger partial charge in [-0.1, -0.05) is 6.08 Å². The van der Waals surface area contributed by atoms with Crippen LogP contribution in [0, 0.1) is 0 Å². The molecule has 1 heterocycles. The summed E-state index contributed by atoms with van der Waals surface area (Å²) < 4.78 is 22.4. The fourth-order valence-electron chi connectivity index (χ4n) is 1.69. The molecular weight excluding hydrogens is 212 g/mol. The SMILES string of the molecule is C=CCNCC(C)N1CCS(=O)(=O)CC1. The molecule has 1 saturated heterocycles. The average molecular weight is 232 g/mol. The van der Waals surface area contributed by atoms with Crippen LogP contribution in [0.4, 0.5) is 0 Å². The lowest BCUT2D eigenvalue weighted by Gasteiger charge is -2.32. The normalized spacial score (nSPS) is 23.5. The lowest BCUT2D eigenvalue weighted by molar-refractivity contribution is 0.222. The Morgan fingerprint density at radius 1 is 1.47 bits per heavy atom. The first-order valence-electron chi connectivity index (χ1n) is 5.31. The van der Waals surface area contributed by atoms with Gasteiger partial charge in [0.05, 0.1) is 11.5 Å². The lowest BCUT2D eigenvalue weighted by atomic mass is 10.2. The van der Waals surface area contributed by atoms with Crippen molar-refractivity contribution in [2.45, 2.75) is 13.0 Å². The second-order valence-electron chi connectivity index (χ2n) is 3.98. The van der Waals surface area contributed by atoms with Crippen molar-refractivity contribution < 1.29 is 8.42 Å². The van der Waals surface area contributed by atoms with E-state index >= 15 is 0 Å². The number of sulfone groups is 1. The van der Waals surface area contributed by atoms with Crippen LogP contribution in [0.15, 0.2) is 12.7 Å². The summed E-state index contributed by atoms with van der Waals surface area (Å²) in [7, 11) is -2.75. The molecule has 0 radical (unpaired) electrons. The van der Waals surface area contributed by atoms with Crippen LogP contribution in [-0.2, 0) is 9.84 Å². The van der Waals surface area contributed by atoms with Gasteiger partial charge in [0.2, 0.25) is 0 Å². The minimum atomic E-state index is -2.75. The van der Waals surface area contributed by atoms with E-state index in [1.54, 1.807) is 0 Å². The third-order valence-electron chi connectivity index (χ3n) is 2.73. The zero-order chi connectivity index (χ0) is 11.3. The van der Waals surface area contributed by atoms with Crippen LogP contribution in [-0.4, -0.2) is 57.0 Å². The molecule has 1 N–H and O–H groups in total. The van der Waals surface area contributed by atoms with Gasteiger partial charge in [0.15, 0.2) is 9.84 Å². The quantitative estimate of drug-likeness (QED) is 0.530. The number of rotatable bonds is 5. The van der Waals surface area contributed by atoms with Gasteiger partial charge in [-0.3, -0.25) is 4.90 Å². The van der Waals surface area contributed by atoms with Crippen molar-refractivity contribution in [1.82, 2.24) is 10.2 Å². The summed E-state index contributed by atoms with van der Waals surface area (Å²) in [5.41, 5.74) is 0. The molecule has 1 aliphatic rings. The van der Waals surface area contributed by atoms with Crippen molar-refractivity contribution in [2.24, 2.45) is 0 Å². The van der Waals surface area contributed by atoms with Gasteiger partial charge in [0, 0.05) is 32.2 Å². The average Bonchev–Trinajstić information content (AvgIpc) is 2.18. The molecule has 5 heteroatoms. The summed E-state index contributed by atoms with van der Waals surface area (Å²) >= 11 is 0. The van der Waals surface area contributed by atoms with Crippen LogP contribution in [0.2, 0.25) is 0 Å². The molecule has 1 fully saturated rings. The molecule has 1 unspecified atom stereocenters. The van der Waals surface area contributed by atoms with Crippen LogP contribution in [0.25, 0.3) is 0 Å². The van der Waals surface area contributed by atoms with Crippen LogP contribution < -0.4 is 5.32 Å². The molecule has 0 aromatic carbocycles. The zero-order valence-electron chi connectivity index (χ0n) is 9.28. The van der Waals surface area contributed by atoms with E-state index in [2.05, 4.69) is 23.7 Å². The maximum atomic E-state index is 11.2. The van der Waals surface area contributed by atoms with Crippen molar-refractivity contribution in [3.63, 3.8) is 0 Å². The molecule has 0 aromatic heterocycles. The summed E-state index contributed by atoms with van der Waals surface area (Å²) in [5, 5.41) is 3.24. The minimum absolute atomic E-state index is 0.304. The molecule has 4 nitrogen and oxygen atoms in total. The van der Waals surface area contributed by atoms with E-state index in [0.29, 0.717) is 30.6 Å². The van der Waals surface area contributed by atoms with Crippen molar-refractivity contribution in [2.75, 3.05) is 37.7 Å². The largest absolute Gasteiger partial charge is 0.312 e. The van der Waals surface area contributed by atoms with E-state index in [4.69, 9.17) is 0 Å². The lowest BCUT2D eigenvalue weighted by Crippen LogP contribution is -2.48. The van der Waals surface area contributed by atoms with Crippen LogP contribution in [0.5, 0.6) is 0 Å². The molecule has 0 amide bonds. The Labute approximate surface area is 92.3 Å². The van der Waals surface area contributed by atoms with Gasteiger partial charge in [0.25, 0.3) is 0 Å². The second kappa shape index (κ2) is 5.63. The van der Waals surface area contributed by atoms with Crippen LogP contribution >= 0.6 is 0 Å². The molecular formula is C10H20N2O2S. The van der Waals surface area contributed by atoms with Gasteiger partial charge in [-0.2, -0.15) is 0 Å². The molecule has 88 valence electrons. The third kappa shape index (κ3) is 4.32. The van der Waals surface area contributed by atoms with Gasteiger partial charge in [0.1, 0.15) is 0 Å². The van der Waals surface area contributed by atoms with Gasteiger partial charge in [-0.15, -0.1) is 6.58 Å². The summed E-state index contributed by atoms with van der Waals surface area (Å²) in [6.45, 7) is 8.77. The van der Waals surface area contributed by atoms with Crippen LogP contribution in [0.1, 0.15) is 6.92 Å². The Balaban J connectivity index is 2.29. The minimum Gasteiger partial charge on any atom is -0.312 e. The molecule has 0 spiro atoms. The second-order valence-corrected chi connectivity index (χ2v) is 6.29. The topological polar surface area (TPSA) is 49.4 Å². The third-order valence-corrected chi connectivity index (χ3v) is 4.34. The first-order valence-corrected chi connectivity index (χ1v) is 7.13. The smallest absolute Gasteiger partial charge is 0.152 e. The van der Waals surface area contributed by atoms with Crippen molar-refractivity contribution in [3.05, 3.63) is 12.7 Å².